The van der Waals surface area contributed by atoms with Crippen molar-refractivity contribution in [2.75, 3.05) is 0 Å². The number of nitrogens with one attached hydrogen (secondary N) is 1. The first-order chi connectivity index (χ1) is 7.68. The van der Waals surface area contributed by atoms with Crippen molar-refractivity contribution < 1.29 is 9.21 Å². The summed E-state index contributed by atoms with van der Waals surface area (Å²) in [7, 11) is 0. The molecule has 0 fully saturated rings. The number of nitrogens with zero attached hydrogens (tertiary/aromatic N) is 1. The summed E-state index contributed by atoms with van der Waals surface area (Å²) >= 11 is 0. The molecule has 2 aromatic heterocycles. The van der Waals surface area contributed by atoms with E-state index in [4.69, 9.17) is 10.2 Å². The number of aryl methyl sites for hydroxylation is 1. The molecule has 0 bridgehead atoms. The molecule has 0 saturated carbocycles. The molecule has 0 spiro atoms. The number of aromatic amines is 1. The average Bonchev–Trinajstić information content (AvgIpc) is 2.83. The van der Waals surface area contributed by atoms with E-state index in [0.29, 0.717) is 18.6 Å². The van der Waals surface area contributed by atoms with E-state index in [1.54, 1.807) is 12.3 Å². The Hall–Kier alpha value is -2.04. The predicted molar refractivity (Wildman–Crippen MR) is 58.5 cm³/mol. The number of rotatable bonds is 4. The van der Waals surface area contributed by atoms with Gasteiger partial charge in [0, 0.05) is 17.7 Å². The molecule has 3 N–H and O–H groups in total. The maximum absolute atomic E-state index is 10.8. The fourth-order valence-corrected chi connectivity index (χ4v) is 1.62. The highest BCUT2D eigenvalue weighted by Gasteiger charge is 2.14. The third-order valence-corrected chi connectivity index (χ3v) is 2.45. The summed E-state index contributed by atoms with van der Waals surface area (Å²) in [6.45, 7) is 1.91. The number of hydrogen-bond donors (Lipinski definition) is 2. The van der Waals surface area contributed by atoms with E-state index in [1.807, 2.05) is 13.0 Å². The van der Waals surface area contributed by atoms with Crippen molar-refractivity contribution in [2.45, 2.75) is 19.8 Å². The van der Waals surface area contributed by atoms with Crippen molar-refractivity contribution in [1.29, 1.82) is 0 Å². The highest BCUT2D eigenvalue weighted by atomic mass is 16.3. The summed E-state index contributed by atoms with van der Waals surface area (Å²) in [6.07, 6.45) is 2.49. The zero-order valence-corrected chi connectivity index (χ0v) is 8.99. The van der Waals surface area contributed by atoms with Crippen LogP contribution in [0.4, 0.5) is 0 Å². The Labute approximate surface area is 92.6 Å². The van der Waals surface area contributed by atoms with Crippen molar-refractivity contribution in [3.63, 3.8) is 0 Å². The van der Waals surface area contributed by atoms with Gasteiger partial charge in [0.15, 0.2) is 5.76 Å². The van der Waals surface area contributed by atoms with Crippen LogP contribution in [0.3, 0.4) is 0 Å². The SMILES string of the molecule is Cc1[nH]nc(-c2ccco2)c1CCC(N)=O. The normalized spacial score (nSPS) is 10.6. The van der Waals surface area contributed by atoms with Gasteiger partial charge in [-0.2, -0.15) is 5.10 Å². The first kappa shape index (κ1) is 10.5. The summed E-state index contributed by atoms with van der Waals surface area (Å²) in [5.74, 6) is 0.384. The number of carbonyl (C=O) groups is 1. The van der Waals surface area contributed by atoms with Crippen LogP contribution in [-0.4, -0.2) is 16.1 Å². The van der Waals surface area contributed by atoms with Crippen LogP contribution in [0, 0.1) is 6.92 Å². The minimum absolute atomic E-state index is 0.314. The predicted octanol–water partition coefficient (Wildman–Crippen LogP) is 1.40. The molecule has 5 heteroatoms. The second-order valence-electron chi connectivity index (χ2n) is 3.62. The van der Waals surface area contributed by atoms with E-state index in [2.05, 4.69) is 10.2 Å². The average molecular weight is 219 g/mol. The lowest BCUT2D eigenvalue weighted by Crippen LogP contribution is -2.11. The van der Waals surface area contributed by atoms with Crippen molar-refractivity contribution >= 4 is 5.91 Å². The van der Waals surface area contributed by atoms with Crippen LogP contribution < -0.4 is 5.73 Å². The van der Waals surface area contributed by atoms with Gasteiger partial charge in [-0.3, -0.25) is 9.89 Å². The van der Waals surface area contributed by atoms with Gasteiger partial charge in [-0.05, 0) is 25.5 Å². The van der Waals surface area contributed by atoms with Gasteiger partial charge in [0.2, 0.25) is 5.91 Å². The number of furan rings is 1. The summed E-state index contributed by atoms with van der Waals surface area (Å²) < 4.78 is 5.28. The molecule has 2 rings (SSSR count). The molecule has 0 aliphatic heterocycles. The molecule has 2 aromatic rings. The Morgan fingerprint density at radius 2 is 2.44 bits per heavy atom. The Kier molecular flexibility index (Phi) is 2.76. The molecule has 0 aliphatic rings. The molecule has 0 atom stereocenters. The zero-order valence-electron chi connectivity index (χ0n) is 8.99. The van der Waals surface area contributed by atoms with E-state index < -0.39 is 0 Å². The molecule has 5 nitrogen and oxygen atoms in total. The van der Waals surface area contributed by atoms with Crippen LogP contribution in [0.1, 0.15) is 17.7 Å². The lowest BCUT2D eigenvalue weighted by atomic mass is 10.1. The lowest BCUT2D eigenvalue weighted by molar-refractivity contribution is -0.117. The van der Waals surface area contributed by atoms with Crippen LogP contribution in [0.5, 0.6) is 0 Å². The molecule has 2 heterocycles. The number of nitrogens with two attached hydrogens (primary N) is 1. The number of hydrogen-bond acceptors (Lipinski definition) is 3. The largest absolute Gasteiger partial charge is 0.463 e. The topological polar surface area (TPSA) is 84.9 Å². The minimum Gasteiger partial charge on any atom is -0.463 e. The van der Waals surface area contributed by atoms with Gasteiger partial charge in [0.25, 0.3) is 0 Å². The van der Waals surface area contributed by atoms with Gasteiger partial charge in [-0.1, -0.05) is 0 Å². The number of amides is 1. The number of carbonyl (C=O) groups excluding carboxylic acids is 1. The molecule has 84 valence electrons. The molecule has 0 saturated heterocycles. The zero-order chi connectivity index (χ0) is 11.5. The first-order valence-electron chi connectivity index (χ1n) is 5.04. The summed E-state index contributed by atoms with van der Waals surface area (Å²) in [4.78, 5) is 10.8. The maximum atomic E-state index is 10.8. The Balaban J connectivity index is 2.29. The van der Waals surface area contributed by atoms with Gasteiger partial charge in [-0.25, -0.2) is 0 Å². The molecular weight excluding hydrogens is 206 g/mol. The molecular formula is C11H13N3O2. The molecule has 0 aliphatic carbocycles. The van der Waals surface area contributed by atoms with E-state index in [0.717, 1.165) is 17.0 Å². The Morgan fingerprint density at radius 3 is 3.06 bits per heavy atom. The molecule has 0 radical (unpaired) electrons. The Morgan fingerprint density at radius 1 is 1.62 bits per heavy atom. The lowest BCUT2D eigenvalue weighted by Gasteiger charge is -1.99. The molecule has 0 aromatic carbocycles. The van der Waals surface area contributed by atoms with E-state index >= 15 is 0 Å². The van der Waals surface area contributed by atoms with Crippen LogP contribution in [0.2, 0.25) is 0 Å². The van der Waals surface area contributed by atoms with Gasteiger partial charge in [-0.15, -0.1) is 0 Å². The van der Waals surface area contributed by atoms with Crippen LogP contribution >= 0.6 is 0 Å². The van der Waals surface area contributed by atoms with E-state index in [1.165, 1.54) is 0 Å². The molecule has 16 heavy (non-hydrogen) atoms. The Bertz CT molecular complexity index is 485. The minimum atomic E-state index is -0.314. The van der Waals surface area contributed by atoms with Crippen molar-refractivity contribution in [3.05, 3.63) is 29.7 Å². The van der Waals surface area contributed by atoms with Gasteiger partial charge in [0.05, 0.1) is 6.26 Å². The summed E-state index contributed by atoms with van der Waals surface area (Å²) in [5, 5.41) is 7.05. The van der Waals surface area contributed by atoms with E-state index in [-0.39, 0.29) is 5.91 Å². The van der Waals surface area contributed by atoms with Crippen LogP contribution in [0.25, 0.3) is 11.5 Å². The summed E-state index contributed by atoms with van der Waals surface area (Å²) in [6, 6.07) is 3.64. The number of H-pyrrole nitrogens is 1. The monoisotopic (exact) mass is 219 g/mol. The fraction of sp³-hybridized carbons (Fsp3) is 0.273. The highest BCUT2D eigenvalue weighted by Crippen LogP contribution is 2.24. The van der Waals surface area contributed by atoms with Gasteiger partial charge < -0.3 is 10.2 Å². The third kappa shape index (κ3) is 1.98. The maximum Gasteiger partial charge on any atom is 0.217 e. The van der Waals surface area contributed by atoms with Crippen LogP contribution in [0.15, 0.2) is 22.8 Å². The van der Waals surface area contributed by atoms with Crippen LogP contribution in [-0.2, 0) is 11.2 Å². The summed E-state index contributed by atoms with van der Waals surface area (Å²) in [5.41, 5.74) is 7.81. The number of aromatic nitrogens is 2. The quantitative estimate of drug-likeness (QED) is 0.814. The second kappa shape index (κ2) is 4.22. The molecule has 1 amide bonds. The fourth-order valence-electron chi connectivity index (χ4n) is 1.62. The van der Waals surface area contributed by atoms with Crippen molar-refractivity contribution in [1.82, 2.24) is 10.2 Å². The second-order valence-corrected chi connectivity index (χ2v) is 3.62. The van der Waals surface area contributed by atoms with Gasteiger partial charge in [0.1, 0.15) is 5.69 Å². The third-order valence-electron chi connectivity index (χ3n) is 2.45. The van der Waals surface area contributed by atoms with Crippen molar-refractivity contribution in [2.24, 2.45) is 5.73 Å². The smallest absolute Gasteiger partial charge is 0.217 e. The number of primary amides is 1. The first-order valence-corrected chi connectivity index (χ1v) is 5.04. The highest BCUT2D eigenvalue weighted by molar-refractivity contribution is 5.74. The van der Waals surface area contributed by atoms with Gasteiger partial charge >= 0.3 is 0 Å². The van der Waals surface area contributed by atoms with E-state index in [9.17, 15) is 4.79 Å². The molecule has 0 unspecified atom stereocenters. The standard InChI is InChI=1S/C11H13N3O2/c1-7-8(4-5-10(12)15)11(14-13-7)9-3-2-6-16-9/h2-3,6H,4-5H2,1H3,(H2,12,15)(H,13,14). The van der Waals surface area contributed by atoms with Crippen molar-refractivity contribution in [3.8, 4) is 11.5 Å².